The fourth-order valence-electron chi connectivity index (χ4n) is 1.79. The summed E-state index contributed by atoms with van der Waals surface area (Å²) in [6.07, 6.45) is 2.55. The van der Waals surface area contributed by atoms with E-state index in [1.165, 1.54) is 4.88 Å². The van der Waals surface area contributed by atoms with Crippen molar-refractivity contribution in [2.45, 2.75) is 13.3 Å². The number of hydrogen-bond acceptors (Lipinski definition) is 5. The first-order chi connectivity index (χ1) is 9.02. The smallest absolute Gasteiger partial charge is 0.241 e. The van der Waals surface area contributed by atoms with Crippen LogP contribution in [0.25, 0.3) is 10.2 Å². The number of carbonyl (C=O) groups excluding carboxylic acids is 1. The minimum absolute atomic E-state index is 0.0557. The maximum atomic E-state index is 11.8. The molecule has 2 rings (SSSR count). The van der Waals surface area contributed by atoms with Crippen molar-refractivity contribution < 1.29 is 4.79 Å². The Balaban J connectivity index is 2.33. The van der Waals surface area contributed by atoms with Gasteiger partial charge in [-0.1, -0.05) is 6.92 Å². The van der Waals surface area contributed by atoms with Crippen LogP contribution in [0.1, 0.15) is 11.8 Å². The van der Waals surface area contributed by atoms with Gasteiger partial charge in [0.25, 0.3) is 0 Å². The standard InChI is InChI=1S/C13H18N4OS/c1-5-9-6-10-12(14-8-15-13(10)19-9)17(4)7-11(18)16(2)3/h6,8H,5,7H2,1-4H3. The zero-order valence-corrected chi connectivity index (χ0v) is 12.5. The predicted octanol–water partition coefficient (Wildman–Crippen LogP) is 1.78. The molecule has 0 N–H and O–H groups in total. The lowest BCUT2D eigenvalue weighted by Gasteiger charge is -2.20. The predicted molar refractivity (Wildman–Crippen MR) is 78.8 cm³/mol. The number of carbonyl (C=O) groups is 1. The van der Waals surface area contributed by atoms with Crippen molar-refractivity contribution in [2.24, 2.45) is 0 Å². The Hall–Kier alpha value is -1.69. The normalized spacial score (nSPS) is 10.7. The van der Waals surface area contributed by atoms with Gasteiger partial charge in [0.15, 0.2) is 0 Å². The van der Waals surface area contributed by atoms with Crippen LogP contribution in [0.15, 0.2) is 12.4 Å². The highest BCUT2D eigenvalue weighted by Gasteiger charge is 2.14. The number of anilines is 1. The molecular weight excluding hydrogens is 260 g/mol. The van der Waals surface area contributed by atoms with E-state index in [2.05, 4.69) is 23.0 Å². The maximum Gasteiger partial charge on any atom is 0.241 e. The van der Waals surface area contributed by atoms with Gasteiger partial charge in [-0.05, 0) is 12.5 Å². The third-order valence-electron chi connectivity index (χ3n) is 2.94. The molecule has 0 radical (unpaired) electrons. The number of hydrogen-bond donors (Lipinski definition) is 0. The second-order valence-corrected chi connectivity index (χ2v) is 5.74. The third kappa shape index (κ3) is 2.84. The van der Waals surface area contributed by atoms with Crippen molar-refractivity contribution in [2.75, 3.05) is 32.6 Å². The lowest BCUT2D eigenvalue weighted by Crippen LogP contribution is -2.34. The molecule has 0 aliphatic heterocycles. The molecule has 0 spiro atoms. The molecule has 0 atom stereocenters. The van der Waals surface area contributed by atoms with E-state index in [0.29, 0.717) is 6.54 Å². The van der Waals surface area contributed by atoms with Gasteiger partial charge in [0, 0.05) is 26.0 Å². The Kier molecular flexibility index (Phi) is 3.99. The van der Waals surface area contributed by atoms with Gasteiger partial charge >= 0.3 is 0 Å². The highest BCUT2D eigenvalue weighted by Crippen LogP contribution is 2.29. The van der Waals surface area contributed by atoms with Crippen LogP contribution in [-0.2, 0) is 11.2 Å². The van der Waals surface area contributed by atoms with Crippen LogP contribution in [0.5, 0.6) is 0 Å². The molecule has 5 nitrogen and oxygen atoms in total. The summed E-state index contributed by atoms with van der Waals surface area (Å²) in [7, 11) is 5.39. The number of rotatable bonds is 4. The van der Waals surface area contributed by atoms with Gasteiger partial charge in [-0.2, -0.15) is 0 Å². The lowest BCUT2D eigenvalue weighted by molar-refractivity contribution is -0.127. The summed E-state index contributed by atoms with van der Waals surface area (Å²) < 4.78 is 0. The van der Waals surface area contributed by atoms with Crippen LogP contribution in [0.4, 0.5) is 5.82 Å². The topological polar surface area (TPSA) is 49.3 Å². The molecule has 102 valence electrons. The lowest BCUT2D eigenvalue weighted by atomic mass is 10.3. The average molecular weight is 278 g/mol. The first-order valence-electron chi connectivity index (χ1n) is 6.17. The molecule has 0 aliphatic carbocycles. The average Bonchev–Trinajstić information content (AvgIpc) is 2.80. The first kappa shape index (κ1) is 13.7. The van der Waals surface area contributed by atoms with Crippen molar-refractivity contribution in [3.05, 3.63) is 17.3 Å². The van der Waals surface area contributed by atoms with Crippen LogP contribution in [0.2, 0.25) is 0 Å². The van der Waals surface area contributed by atoms with Gasteiger partial charge in [-0.25, -0.2) is 9.97 Å². The molecule has 0 bridgehead atoms. The number of amides is 1. The fraction of sp³-hybridized carbons (Fsp3) is 0.462. The number of likely N-dealkylation sites (N-methyl/N-ethyl adjacent to an activating group) is 2. The van der Waals surface area contributed by atoms with E-state index in [1.807, 2.05) is 11.9 Å². The number of nitrogens with zero attached hydrogens (tertiary/aromatic N) is 4. The minimum atomic E-state index is 0.0557. The molecule has 1 amide bonds. The third-order valence-corrected chi connectivity index (χ3v) is 4.13. The quantitative estimate of drug-likeness (QED) is 0.855. The van der Waals surface area contributed by atoms with Gasteiger partial charge in [-0.3, -0.25) is 4.79 Å². The summed E-state index contributed by atoms with van der Waals surface area (Å²) in [5.74, 6) is 0.872. The monoisotopic (exact) mass is 278 g/mol. The van der Waals surface area contributed by atoms with Crippen molar-refractivity contribution >= 4 is 33.3 Å². The van der Waals surface area contributed by atoms with Gasteiger partial charge < -0.3 is 9.80 Å². The summed E-state index contributed by atoms with van der Waals surface area (Å²) in [6, 6.07) is 2.12. The second kappa shape index (κ2) is 5.52. The highest BCUT2D eigenvalue weighted by atomic mass is 32.1. The molecule has 2 aromatic heterocycles. The molecule has 6 heteroatoms. The van der Waals surface area contributed by atoms with E-state index < -0.39 is 0 Å². The maximum absolute atomic E-state index is 11.8. The van der Waals surface area contributed by atoms with Crippen LogP contribution in [-0.4, -0.2) is 48.5 Å². The summed E-state index contributed by atoms with van der Waals surface area (Å²) in [5, 5.41) is 1.03. The molecule has 0 saturated heterocycles. The van der Waals surface area contributed by atoms with Gasteiger partial charge in [0.05, 0.1) is 11.9 Å². The van der Waals surface area contributed by atoms with E-state index in [0.717, 1.165) is 22.5 Å². The summed E-state index contributed by atoms with van der Waals surface area (Å²) >= 11 is 1.68. The van der Waals surface area contributed by atoms with Crippen LogP contribution in [0.3, 0.4) is 0 Å². The molecule has 2 aromatic rings. The Morgan fingerprint density at radius 1 is 1.32 bits per heavy atom. The van der Waals surface area contributed by atoms with E-state index in [1.54, 1.807) is 36.7 Å². The zero-order valence-electron chi connectivity index (χ0n) is 11.7. The molecular formula is C13H18N4OS. The van der Waals surface area contributed by atoms with Crippen LogP contribution < -0.4 is 4.90 Å². The molecule has 2 heterocycles. The largest absolute Gasteiger partial charge is 0.350 e. The fourth-order valence-corrected chi connectivity index (χ4v) is 2.72. The minimum Gasteiger partial charge on any atom is -0.350 e. The number of fused-ring (bicyclic) bond motifs is 1. The van der Waals surface area contributed by atoms with Crippen molar-refractivity contribution in [3.8, 4) is 0 Å². The molecule has 19 heavy (non-hydrogen) atoms. The number of thiophene rings is 1. The van der Waals surface area contributed by atoms with Crippen molar-refractivity contribution in [1.29, 1.82) is 0 Å². The Morgan fingerprint density at radius 2 is 2.05 bits per heavy atom. The Labute approximate surface area is 116 Å². The van der Waals surface area contributed by atoms with Gasteiger partial charge in [0.2, 0.25) is 5.91 Å². The van der Waals surface area contributed by atoms with E-state index in [9.17, 15) is 4.79 Å². The molecule has 0 unspecified atom stereocenters. The Bertz CT molecular complexity index is 593. The summed E-state index contributed by atoms with van der Waals surface area (Å²) in [6.45, 7) is 2.44. The summed E-state index contributed by atoms with van der Waals surface area (Å²) in [4.78, 5) is 26.1. The van der Waals surface area contributed by atoms with Crippen molar-refractivity contribution in [1.82, 2.24) is 14.9 Å². The van der Waals surface area contributed by atoms with Gasteiger partial charge in [0.1, 0.15) is 17.0 Å². The van der Waals surface area contributed by atoms with Crippen LogP contribution in [0, 0.1) is 0 Å². The first-order valence-corrected chi connectivity index (χ1v) is 6.99. The van der Waals surface area contributed by atoms with Crippen LogP contribution >= 0.6 is 11.3 Å². The molecule has 0 aliphatic rings. The molecule has 0 saturated carbocycles. The van der Waals surface area contributed by atoms with E-state index in [4.69, 9.17) is 0 Å². The zero-order chi connectivity index (χ0) is 14.0. The SMILES string of the molecule is CCc1cc2c(N(C)CC(=O)N(C)C)ncnc2s1. The van der Waals surface area contributed by atoms with Gasteiger partial charge in [-0.15, -0.1) is 11.3 Å². The number of aryl methyl sites for hydroxylation is 1. The van der Waals surface area contributed by atoms with E-state index >= 15 is 0 Å². The number of aromatic nitrogens is 2. The van der Waals surface area contributed by atoms with Crippen molar-refractivity contribution in [3.63, 3.8) is 0 Å². The Morgan fingerprint density at radius 3 is 2.68 bits per heavy atom. The summed E-state index contributed by atoms with van der Waals surface area (Å²) in [5.41, 5.74) is 0. The molecule has 0 aromatic carbocycles. The second-order valence-electron chi connectivity index (χ2n) is 4.63. The highest BCUT2D eigenvalue weighted by molar-refractivity contribution is 7.18. The molecule has 0 fully saturated rings. The van der Waals surface area contributed by atoms with E-state index in [-0.39, 0.29) is 5.91 Å².